The molecule has 1 saturated heterocycles. The van der Waals surface area contributed by atoms with Crippen LogP contribution in [0.15, 0.2) is 47.8 Å². The van der Waals surface area contributed by atoms with E-state index in [4.69, 9.17) is 0 Å². The van der Waals surface area contributed by atoms with Crippen molar-refractivity contribution >= 4 is 5.95 Å². The van der Waals surface area contributed by atoms with E-state index >= 15 is 0 Å². The van der Waals surface area contributed by atoms with Crippen molar-refractivity contribution in [3.05, 3.63) is 58.9 Å². The number of likely N-dealkylation sites (tertiary alicyclic amines) is 1. The van der Waals surface area contributed by atoms with Gasteiger partial charge in [-0.2, -0.15) is 5.10 Å². The van der Waals surface area contributed by atoms with Gasteiger partial charge in [-0.05, 0) is 44.0 Å². The molecule has 0 N–H and O–H groups in total. The molecule has 0 aliphatic carbocycles. The smallest absolute Gasteiger partial charge is 0.266 e. The summed E-state index contributed by atoms with van der Waals surface area (Å²) in [6.45, 7) is 3.48. The van der Waals surface area contributed by atoms with Gasteiger partial charge in [-0.3, -0.25) is 9.69 Å². The van der Waals surface area contributed by atoms with E-state index in [1.54, 1.807) is 27.7 Å². The molecule has 4 rings (SSSR count). The zero-order valence-corrected chi connectivity index (χ0v) is 16.8. The predicted molar refractivity (Wildman–Crippen MR) is 110 cm³/mol. The minimum atomic E-state index is -0.0681. The molecule has 0 aromatic carbocycles. The molecular weight excluding hydrogens is 368 g/mol. The maximum Gasteiger partial charge on any atom is 0.266 e. The van der Waals surface area contributed by atoms with Crippen LogP contribution in [0.2, 0.25) is 0 Å². The summed E-state index contributed by atoms with van der Waals surface area (Å²) in [5.41, 5.74) is 1.06. The Bertz CT molecular complexity index is 972. The fourth-order valence-electron chi connectivity index (χ4n) is 3.59. The number of rotatable bonds is 6. The molecule has 0 amide bonds. The van der Waals surface area contributed by atoms with Gasteiger partial charge in [0.1, 0.15) is 0 Å². The standard InChI is InChI=1S/C20H26N8O/c1-25(2)20-21-12-17(13-22-20)14-26-10-6-16(7-11-26)15-28-19(29)5-4-18(24-28)27-9-3-8-23-27/h3-5,8-9,12-13,16H,6-7,10-11,14-15H2,1-2H3. The Balaban J connectivity index is 1.33. The molecule has 3 aromatic rings. The van der Waals surface area contributed by atoms with E-state index in [9.17, 15) is 4.79 Å². The van der Waals surface area contributed by atoms with Crippen molar-refractivity contribution in [2.75, 3.05) is 32.1 Å². The van der Waals surface area contributed by atoms with E-state index in [2.05, 4.69) is 25.1 Å². The molecule has 0 saturated carbocycles. The van der Waals surface area contributed by atoms with Crippen LogP contribution in [0.5, 0.6) is 0 Å². The van der Waals surface area contributed by atoms with Crippen LogP contribution in [0, 0.1) is 5.92 Å². The quantitative estimate of drug-likeness (QED) is 0.621. The monoisotopic (exact) mass is 394 g/mol. The second kappa shape index (κ2) is 8.52. The SMILES string of the molecule is CN(C)c1ncc(CN2CCC(Cn3nc(-n4cccn4)ccc3=O)CC2)cn1. The van der Waals surface area contributed by atoms with E-state index in [1.807, 2.05) is 43.7 Å². The van der Waals surface area contributed by atoms with Crippen LogP contribution in [0.4, 0.5) is 5.95 Å². The van der Waals surface area contributed by atoms with Gasteiger partial charge in [-0.25, -0.2) is 19.3 Å². The van der Waals surface area contributed by atoms with E-state index < -0.39 is 0 Å². The Kier molecular flexibility index (Phi) is 5.66. The Labute approximate surface area is 169 Å². The lowest BCUT2D eigenvalue weighted by atomic mass is 9.96. The molecule has 1 aliphatic rings. The third kappa shape index (κ3) is 4.68. The van der Waals surface area contributed by atoms with Crippen molar-refractivity contribution in [2.45, 2.75) is 25.9 Å². The molecule has 1 fully saturated rings. The lowest BCUT2D eigenvalue weighted by molar-refractivity contribution is 0.163. The molecule has 152 valence electrons. The van der Waals surface area contributed by atoms with Crippen molar-refractivity contribution in [1.82, 2.24) is 34.4 Å². The highest BCUT2D eigenvalue weighted by Gasteiger charge is 2.21. The molecule has 0 atom stereocenters. The summed E-state index contributed by atoms with van der Waals surface area (Å²) < 4.78 is 3.24. The van der Waals surface area contributed by atoms with E-state index in [-0.39, 0.29) is 5.56 Å². The van der Waals surface area contributed by atoms with Gasteiger partial charge in [-0.1, -0.05) is 0 Å². The number of piperidine rings is 1. The fraction of sp³-hybridized carbons (Fsp3) is 0.450. The first-order valence-electron chi connectivity index (χ1n) is 9.87. The van der Waals surface area contributed by atoms with Crippen molar-refractivity contribution in [3.8, 4) is 5.82 Å². The Morgan fingerprint density at radius 2 is 1.90 bits per heavy atom. The molecular formula is C20H26N8O. The van der Waals surface area contributed by atoms with E-state index in [0.717, 1.165) is 44.0 Å². The molecule has 29 heavy (non-hydrogen) atoms. The first kappa shape index (κ1) is 19.3. The first-order chi connectivity index (χ1) is 14.1. The number of hydrogen-bond acceptors (Lipinski definition) is 7. The number of anilines is 1. The molecule has 0 bridgehead atoms. The summed E-state index contributed by atoms with van der Waals surface area (Å²) in [6, 6.07) is 5.11. The highest BCUT2D eigenvalue weighted by atomic mass is 16.1. The molecule has 0 unspecified atom stereocenters. The van der Waals surface area contributed by atoms with Crippen LogP contribution in [-0.4, -0.2) is 61.6 Å². The highest BCUT2D eigenvalue weighted by molar-refractivity contribution is 5.26. The van der Waals surface area contributed by atoms with Gasteiger partial charge in [0.05, 0.1) is 0 Å². The Hall–Kier alpha value is -3.07. The van der Waals surface area contributed by atoms with Gasteiger partial charge < -0.3 is 4.90 Å². The van der Waals surface area contributed by atoms with Gasteiger partial charge in [-0.15, -0.1) is 5.10 Å². The lowest BCUT2D eigenvalue weighted by Crippen LogP contribution is -2.36. The molecule has 0 radical (unpaired) electrons. The van der Waals surface area contributed by atoms with Crippen molar-refractivity contribution < 1.29 is 0 Å². The van der Waals surface area contributed by atoms with Gasteiger partial charge in [0, 0.05) is 63.6 Å². The first-order valence-corrected chi connectivity index (χ1v) is 9.87. The molecule has 3 aromatic heterocycles. The van der Waals surface area contributed by atoms with Crippen LogP contribution in [0.1, 0.15) is 18.4 Å². The summed E-state index contributed by atoms with van der Waals surface area (Å²) in [5, 5.41) is 8.68. The van der Waals surface area contributed by atoms with Gasteiger partial charge in [0.25, 0.3) is 5.56 Å². The van der Waals surface area contributed by atoms with Crippen LogP contribution in [0.25, 0.3) is 5.82 Å². The molecule has 0 spiro atoms. The third-order valence-electron chi connectivity index (χ3n) is 5.23. The molecule has 9 heteroatoms. The fourth-order valence-corrected chi connectivity index (χ4v) is 3.59. The largest absolute Gasteiger partial charge is 0.347 e. The summed E-state index contributed by atoms with van der Waals surface area (Å²) in [5.74, 6) is 1.83. The zero-order valence-electron chi connectivity index (χ0n) is 16.8. The Morgan fingerprint density at radius 1 is 1.14 bits per heavy atom. The van der Waals surface area contributed by atoms with Crippen LogP contribution < -0.4 is 10.5 Å². The van der Waals surface area contributed by atoms with E-state index in [0.29, 0.717) is 18.3 Å². The second-order valence-electron chi connectivity index (χ2n) is 7.67. The highest BCUT2D eigenvalue weighted by Crippen LogP contribution is 2.20. The molecule has 9 nitrogen and oxygen atoms in total. The van der Waals surface area contributed by atoms with Crippen LogP contribution in [0.3, 0.4) is 0 Å². The number of nitrogens with zero attached hydrogens (tertiary/aromatic N) is 8. The minimum Gasteiger partial charge on any atom is -0.347 e. The van der Waals surface area contributed by atoms with Crippen molar-refractivity contribution in [1.29, 1.82) is 0 Å². The number of hydrogen-bond donors (Lipinski definition) is 0. The summed E-state index contributed by atoms with van der Waals surface area (Å²) >= 11 is 0. The summed E-state index contributed by atoms with van der Waals surface area (Å²) in [4.78, 5) is 25.3. The minimum absolute atomic E-state index is 0.0681. The van der Waals surface area contributed by atoms with Crippen molar-refractivity contribution in [3.63, 3.8) is 0 Å². The van der Waals surface area contributed by atoms with Gasteiger partial charge in [0.2, 0.25) is 5.95 Å². The van der Waals surface area contributed by atoms with Gasteiger partial charge >= 0.3 is 0 Å². The Morgan fingerprint density at radius 3 is 2.55 bits per heavy atom. The summed E-state index contributed by atoms with van der Waals surface area (Å²) in [7, 11) is 3.87. The average Bonchev–Trinajstić information content (AvgIpc) is 3.26. The lowest BCUT2D eigenvalue weighted by Gasteiger charge is -2.31. The maximum absolute atomic E-state index is 12.2. The normalized spacial score (nSPS) is 15.5. The average molecular weight is 394 g/mol. The topological polar surface area (TPSA) is 85.0 Å². The summed E-state index contributed by atoms with van der Waals surface area (Å²) in [6.07, 6.45) is 9.40. The van der Waals surface area contributed by atoms with Crippen LogP contribution >= 0.6 is 0 Å². The maximum atomic E-state index is 12.2. The third-order valence-corrected chi connectivity index (χ3v) is 5.23. The number of aromatic nitrogens is 6. The van der Waals surface area contributed by atoms with Gasteiger partial charge in [0.15, 0.2) is 5.82 Å². The van der Waals surface area contributed by atoms with Crippen molar-refractivity contribution in [2.24, 2.45) is 5.92 Å². The molecule has 4 heterocycles. The van der Waals surface area contributed by atoms with E-state index in [1.165, 1.54) is 0 Å². The second-order valence-corrected chi connectivity index (χ2v) is 7.67. The zero-order chi connectivity index (χ0) is 20.2. The van der Waals surface area contributed by atoms with Crippen LogP contribution in [-0.2, 0) is 13.1 Å². The molecule has 1 aliphatic heterocycles. The predicted octanol–water partition coefficient (Wildman–Crippen LogP) is 1.20.